The Morgan fingerprint density at radius 3 is 2.50 bits per heavy atom. The maximum absolute atomic E-state index is 12.4. The number of amides is 1. The summed E-state index contributed by atoms with van der Waals surface area (Å²) in [5.74, 6) is 0.179. The van der Waals surface area contributed by atoms with Crippen LogP contribution >= 0.6 is 0 Å². The molecule has 0 aliphatic carbocycles. The van der Waals surface area contributed by atoms with E-state index in [1.54, 1.807) is 24.3 Å². The molecule has 1 aromatic carbocycles. The Hall–Kier alpha value is -1.88. The zero-order chi connectivity index (χ0) is 16.0. The molecule has 1 aromatic rings. The molecule has 0 radical (unpaired) electrons. The number of nitrogens with one attached hydrogen (secondary N) is 1. The Morgan fingerprint density at radius 1 is 1.45 bits per heavy atom. The highest BCUT2D eigenvalue weighted by Crippen LogP contribution is 2.14. The number of benzene rings is 1. The summed E-state index contributed by atoms with van der Waals surface area (Å²) in [5, 5.41) is 2.84. The predicted octanol–water partition coefficient (Wildman–Crippen LogP) is 2.41. The minimum atomic E-state index is -1.20. The fourth-order valence-corrected chi connectivity index (χ4v) is 1.36. The lowest BCUT2D eigenvalue weighted by molar-refractivity contribution is 0.0919. The van der Waals surface area contributed by atoms with E-state index in [0.717, 1.165) is 0 Å². The van der Waals surface area contributed by atoms with Crippen LogP contribution in [0.15, 0.2) is 36.2 Å². The summed E-state index contributed by atoms with van der Waals surface area (Å²) in [4.78, 5) is 11.9. The van der Waals surface area contributed by atoms with Gasteiger partial charge < -0.3 is 15.8 Å². The molecular weight excluding hydrogens is 259 g/mol. The first-order valence-electron chi connectivity index (χ1n) is 6.85. The fraction of sp³-hybridized carbons (Fsp3) is 0.400. The van der Waals surface area contributed by atoms with Crippen LogP contribution in [0.5, 0.6) is 5.75 Å². The van der Waals surface area contributed by atoms with Crippen molar-refractivity contribution in [2.45, 2.75) is 26.3 Å². The Labute approximate surface area is 120 Å². The molecule has 110 valence electrons. The van der Waals surface area contributed by atoms with E-state index in [1.807, 2.05) is 20.8 Å². The number of carbonyl (C=O) groups is 1. The number of carbonyl (C=O) groups excluding carboxylic acids is 1. The number of halogens is 1. The second-order valence-electron chi connectivity index (χ2n) is 5.35. The average Bonchev–Trinajstić information content (AvgIpc) is 2.39. The molecule has 1 unspecified atom stereocenters. The van der Waals surface area contributed by atoms with Crippen LogP contribution in [0.2, 0.25) is 0 Å². The summed E-state index contributed by atoms with van der Waals surface area (Å²) < 4.78 is 25.3. The molecule has 0 saturated carbocycles. The maximum Gasteiger partial charge on any atom is 0.251 e. The van der Waals surface area contributed by atoms with Crippen LogP contribution < -0.4 is 15.8 Å². The molecule has 5 heteroatoms. The minimum Gasteiger partial charge on any atom is -0.489 e. The van der Waals surface area contributed by atoms with Crippen molar-refractivity contribution in [3.63, 3.8) is 0 Å². The molecule has 1 rings (SSSR count). The lowest BCUT2D eigenvalue weighted by Crippen LogP contribution is -2.40. The van der Waals surface area contributed by atoms with E-state index >= 15 is 0 Å². The van der Waals surface area contributed by atoms with Gasteiger partial charge in [0.15, 0.2) is 0 Å². The van der Waals surface area contributed by atoms with E-state index < -0.39 is 6.58 Å². The van der Waals surface area contributed by atoms with Crippen molar-refractivity contribution in [3.05, 3.63) is 41.7 Å². The van der Waals surface area contributed by atoms with Gasteiger partial charge in [0.2, 0.25) is 0 Å². The highest BCUT2D eigenvalue weighted by molar-refractivity contribution is 5.94. The second kappa shape index (κ2) is 7.05. The van der Waals surface area contributed by atoms with E-state index in [4.69, 9.17) is 11.8 Å². The molecule has 4 nitrogen and oxygen atoms in total. The van der Waals surface area contributed by atoms with Gasteiger partial charge in [-0.1, -0.05) is 0 Å². The molecule has 0 fully saturated rings. The monoisotopic (exact) mass is 281 g/mol. The van der Waals surface area contributed by atoms with Crippen molar-refractivity contribution < 1.29 is 15.3 Å². The van der Waals surface area contributed by atoms with E-state index in [9.17, 15) is 9.18 Å². The summed E-state index contributed by atoms with van der Waals surface area (Å²) in [5.41, 5.74) is 5.51. The van der Waals surface area contributed by atoms with Gasteiger partial charge in [-0.3, -0.25) is 4.79 Å². The predicted molar refractivity (Wildman–Crippen MR) is 77.4 cm³/mol. The summed E-state index contributed by atoms with van der Waals surface area (Å²) in [6.07, 6.45) is 0.281. The van der Waals surface area contributed by atoms with Crippen LogP contribution in [0.3, 0.4) is 0 Å². The fourth-order valence-electron chi connectivity index (χ4n) is 1.36. The average molecular weight is 281 g/mol. The van der Waals surface area contributed by atoms with Gasteiger partial charge in [-0.2, -0.15) is 0 Å². The Bertz CT molecular complexity index is 509. The Morgan fingerprint density at radius 2 is 2.05 bits per heavy atom. The van der Waals surface area contributed by atoms with Crippen molar-refractivity contribution in [3.8, 4) is 5.75 Å². The van der Waals surface area contributed by atoms with E-state index in [1.165, 1.54) is 0 Å². The van der Waals surface area contributed by atoms with Crippen molar-refractivity contribution in [2.75, 3.05) is 13.1 Å². The molecule has 1 amide bonds. The van der Waals surface area contributed by atoms with Gasteiger partial charge >= 0.3 is 0 Å². The van der Waals surface area contributed by atoms with Crippen molar-refractivity contribution in [2.24, 2.45) is 5.73 Å². The van der Waals surface area contributed by atoms with Gasteiger partial charge in [0.05, 0.1) is 7.70 Å². The molecule has 1 atom stereocenters. The Kier molecular flexibility index (Phi) is 5.12. The van der Waals surface area contributed by atoms with E-state index in [-0.39, 0.29) is 29.9 Å². The summed E-state index contributed by atoms with van der Waals surface area (Å²) in [6, 6.07) is 6.30. The zero-order valence-corrected chi connectivity index (χ0v) is 11.9. The third-order valence-corrected chi connectivity index (χ3v) is 2.33. The van der Waals surface area contributed by atoms with E-state index in [0.29, 0.717) is 11.3 Å². The zero-order valence-electron chi connectivity index (χ0n) is 12.9. The highest BCUT2D eigenvalue weighted by atomic mass is 19.1. The molecule has 0 aliphatic heterocycles. The summed E-state index contributed by atoms with van der Waals surface area (Å²) in [7, 11) is 0. The summed E-state index contributed by atoms with van der Waals surface area (Å²) in [6.45, 7) is 4.39. The van der Waals surface area contributed by atoms with Crippen molar-refractivity contribution in [1.29, 1.82) is 0 Å². The lowest BCUT2D eigenvalue weighted by atomic mass is 10.1. The molecule has 0 heterocycles. The van der Waals surface area contributed by atoms with Crippen LogP contribution in [0.4, 0.5) is 4.39 Å². The molecule has 0 bridgehead atoms. The second-order valence-corrected chi connectivity index (χ2v) is 5.35. The molecular formula is C15H21FN2O2. The van der Waals surface area contributed by atoms with Crippen LogP contribution in [0.1, 0.15) is 32.5 Å². The van der Waals surface area contributed by atoms with Gasteiger partial charge in [-0.25, -0.2) is 4.39 Å². The first kappa shape index (κ1) is 14.5. The molecule has 3 N–H and O–H groups in total. The SMILES string of the molecule is [2H]C(Oc1ccc(C(=O)NC(C)(C)C)cc1)/C(=C\F)CN. The standard InChI is InChI=1S/C15H21FN2O2/c1-15(2,3)18-14(19)12-4-6-13(7-5-12)20-10-11(8-16)9-17/h4-8H,9-10,17H2,1-3H3,(H,18,19)/b11-8-/i10D. The van der Waals surface area contributed by atoms with Crippen molar-refractivity contribution in [1.82, 2.24) is 5.32 Å². The first-order valence-corrected chi connectivity index (χ1v) is 6.27. The smallest absolute Gasteiger partial charge is 0.251 e. The topological polar surface area (TPSA) is 64.3 Å². The minimum absolute atomic E-state index is 0.0459. The van der Waals surface area contributed by atoms with Gasteiger partial charge in [0.25, 0.3) is 5.91 Å². The van der Waals surface area contributed by atoms with Gasteiger partial charge in [0, 0.05) is 23.2 Å². The van der Waals surface area contributed by atoms with Crippen LogP contribution in [-0.2, 0) is 0 Å². The maximum atomic E-state index is 12.4. The van der Waals surface area contributed by atoms with E-state index in [2.05, 4.69) is 5.32 Å². The molecule has 20 heavy (non-hydrogen) atoms. The highest BCUT2D eigenvalue weighted by Gasteiger charge is 2.15. The molecule has 0 aliphatic rings. The first-order chi connectivity index (χ1) is 9.76. The third-order valence-electron chi connectivity index (χ3n) is 2.33. The van der Waals surface area contributed by atoms with Gasteiger partial charge in [-0.15, -0.1) is 0 Å². The normalized spacial score (nSPS) is 14.4. The quantitative estimate of drug-likeness (QED) is 0.871. The van der Waals surface area contributed by atoms with Crippen LogP contribution in [0, 0.1) is 0 Å². The Balaban J connectivity index is 2.72. The molecule has 0 spiro atoms. The number of rotatable bonds is 5. The molecule has 0 aromatic heterocycles. The number of hydrogen-bond donors (Lipinski definition) is 2. The summed E-state index contributed by atoms with van der Waals surface area (Å²) >= 11 is 0. The van der Waals surface area contributed by atoms with Gasteiger partial charge in [0.1, 0.15) is 12.3 Å². The van der Waals surface area contributed by atoms with Crippen LogP contribution in [-0.4, -0.2) is 24.6 Å². The lowest BCUT2D eigenvalue weighted by Gasteiger charge is -2.20. The number of nitrogens with two attached hydrogens (primary N) is 1. The molecule has 0 saturated heterocycles. The number of ether oxygens (including phenoxy) is 1. The third kappa shape index (κ3) is 5.40. The van der Waals surface area contributed by atoms with Crippen molar-refractivity contribution >= 4 is 5.91 Å². The van der Waals surface area contributed by atoms with Crippen LogP contribution in [0.25, 0.3) is 0 Å². The largest absolute Gasteiger partial charge is 0.489 e. The van der Waals surface area contributed by atoms with Gasteiger partial charge in [-0.05, 0) is 45.0 Å². The number of hydrogen-bond acceptors (Lipinski definition) is 3.